The number of carbonyl (C=O) groups excluding carboxylic acids is 2. The van der Waals surface area contributed by atoms with Crippen LogP contribution in [0.3, 0.4) is 0 Å². The highest BCUT2D eigenvalue weighted by atomic mass is 32.3. The molecule has 1 atom stereocenters. The molecule has 1 heterocycles. The van der Waals surface area contributed by atoms with Gasteiger partial charge in [0.05, 0.1) is 0 Å². The number of nitrogens with one attached hydrogen (secondary N) is 1. The third kappa shape index (κ3) is 3.13. The van der Waals surface area contributed by atoms with E-state index >= 15 is 0 Å². The summed E-state index contributed by atoms with van der Waals surface area (Å²) in [6.07, 6.45) is -0.372. The number of halogens is 1. The molecule has 0 radical (unpaired) electrons. The van der Waals surface area contributed by atoms with E-state index in [1.165, 1.54) is 17.9 Å². The third-order valence-corrected chi connectivity index (χ3v) is 4.08. The van der Waals surface area contributed by atoms with Crippen molar-refractivity contribution in [3.63, 3.8) is 0 Å². The molecule has 20 heavy (non-hydrogen) atoms. The van der Waals surface area contributed by atoms with Crippen LogP contribution in [0.4, 0.5) is 15.3 Å². The lowest BCUT2D eigenvalue weighted by Gasteiger charge is -2.17. The van der Waals surface area contributed by atoms with Crippen molar-refractivity contribution < 1.29 is 21.9 Å². The zero-order valence-corrected chi connectivity index (χ0v) is 11.5. The lowest BCUT2D eigenvalue weighted by Crippen LogP contribution is -2.27. The maximum Gasteiger partial charge on any atom is 0.307 e. The molecule has 1 fully saturated rings. The molecule has 1 unspecified atom stereocenters. The number of hydrogen-bond donors (Lipinski definition) is 1. The second-order valence-electron chi connectivity index (χ2n) is 4.54. The lowest BCUT2D eigenvalue weighted by atomic mass is 10.2. The van der Waals surface area contributed by atoms with Gasteiger partial charge < -0.3 is 10.2 Å². The molecular weight excluding hydrogens is 287 g/mol. The van der Waals surface area contributed by atoms with Crippen molar-refractivity contribution >= 4 is 33.4 Å². The van der Waals surface area contributed by atoms with Crippen molar-refractivity contribution in [2.75, 3.05) is 16.8 Å². The molecule has 0 spiro atoms. The summed E-state index contributed by atoms with van der Waals surface area (Å²) in [5, 5.41) is 1.22. The topological polar surface area (TPSA) is 83.6 Å². The number of amides is 2. The molecule has 108 valence electrons. The molecular formula is C12H13FN2O4S. The van der Waals surface area contributed by atoms with E-state index in [4.69, 9.17) is 0 Å². The second kappa shape index (κ2) is 5.20. The van der Waals surface area contributed by atoms with Gasteiger partial charge in [-0.1, -0.05) is 6.07 Å². The first-order valence-electron chi connectivity index (χ1n) is 5.89. The van der Waals surface area contributed by atoms with Gasteiger partial charge in [-0.2, -0.15) is 8.42 Å². The molecule has 0 aliphatic carbocycles. The number of nitrogens with zero attached hydrogens (tertiary/aromatic N) is 1. The van der Waals surface area contributed by atoms with Crippen LogP contribution in [0.1, 0.15) is 13.3 Å². The SMILES string of the molecule is CC(=O)Nc1cccc(N2CC(S(=O)(=O)F)CC2=O)c1. The molecule has 8 heteroatoms. The van der Waals surface area contributed by atoms with Crippen LogP contribution >= 0.6 is 0 Å². The minimum absolute atomic E-state index is 0.221. The molecule has 2 rings (SSSR count). The van der Waals surface area contributed by atoms with Gasteiger partial charge in [0.25, 0.3) is 0 Å². The minimum atomic E-state index is -4.74. The fraction of sp³-hybridized carbons (Fsp3) is 0.333. The van der Waals surface area contributed by atoms with Gasteiger partial charge in [-0.3, -0.25) is 9.59 Å². The van der Waals surface area contributed by atoms with Gasteiger partial charge in [-0.05, 0) is 18.2 Å². The first kappa shape index (κ1) is 14.4. The Morgan fingerprint density at radius 3 is 2.70 bits per heavy atom. The summed E-state index contributed by atoms with van der Waals surface area (Å²) in [6, 6.07) is 6.38. The largest absolute Gasteiger partial charge is 0.326 e. The molecule has 0 bridgehead atoms. The zero-order valence-electron chi connectivity index (χ0n) is 10.7. The van der Waals surface area contributed by atoms with E-state index in [0.29, 0.717) is 11.4 Å². The van der Waals surface area contributed by atoms with Crippen molar-refractivity contribution in [2.45, 2.75) is 18.6 Å². The molecule has 0 saturated carbocycles. The van der Waals surface area contributed by atoms with Gasteiger partial charge in [0.2, 0.25) is 11.8 Å². The molecule has 1 aliphatic heterocycles. The summed E-state index contributed by atoms with van der Waals surface area (Å²) in [5.74, 6) is -0.727. The van der Waals surface area contributed by atoms with Crippen molar-refractivity contribution in [3.8, 4) is 0 Å². The summed E-state index contributed by atoms with van der Waals surface area (Å²) >= 11 is 0. The van der Waals surface area contributed by atoms with E-state index in [9.17, 15) is 21.9 Å². The fourth-order valence-corrected chi connectivity index (χ4v) is 2.74. The van der Waals surface area contributed by atoms with Gasteiger partial charge in [-0.15, -0.1) is 3.89 Å². The van der Waals surface area contributed by atoms with Crippen LogP contribution in [0.5, 0.6) is 0 Å². The van der Waals surface area contributed by atoms with Crippen LogP contribution in [0.2, 0.25) is 0 Å². The van der Waals surface area contributed by atoms with Crippen LogP contribution in [0.15, 0.2) is 24.3 Å². The number of carbonyl (C=O) groups is 2. The lowest BCUT2D eigenvalue weighted by molar-refractivity contribution is -0.117. The van der Waals surface area contributed by atoms with E-state index in [1.54, 1.807) is 18.2 Å². The van der Waals surface area contributed by atoms with Gasteiger partial charge in [0.1, 0.15) is 5.25 Å². The quantitative estimate of drug-likeness (QED) is 0.846. The Hall–Kier alpha value is -1.96. The zero-order chi connectivity index (χ0) is 14.9. The van der Waals surface area contributed by atoms with Crippen LogP contribution in [-0.2, 0) is 19.8 Å². The van der Waals surface area contributed by atoms with Gasteiger partial charge in [0.15, 0.2) is 0 Å². The van der Waals surface area contributed by atoms with Crippen LogP contribution in [0, 0.1) is 0 Å². The molecule has 0 aromatic heterocycles. The first-order valence-corrected chi connectivity index (χ1v) is 7.33. The number of benzene rings is 1. The maximum absolute atomic E-state index is 12.9. The van der Waals surface area contributed by atoms with E-state index in [2.05, 4.69) is 5.32 Å². The molecule has 1 N–H and O–H groups in total. The molecule has 2 amide bonds. The summed E-state index contributed by atoms with van der Waals surface area (Å²) in [5.41, 5.74) is 0.904. The number of rotatable bonds is 3. The van der Waals surface area contributed by atoms with Crippen molar-refractivity contribution in [1.29, 1.82) is 0 Å². The van der Waals surface area contributed by atoms with E-state index < -0.39 is 21.4 Å². The van der Waals surface area contributed by atoms with Crippen LogP contribution in [-0.4, -0.2) is 32.0 Å². The minimum Gasteiger partial charge on any atom is -0.326 e. The summed E-state index contributed by atoms with van der Waals surface area (Å²) in [4.78, 5) is 23.9. The summed E-state index contributed by atoms with van der Waals surface area (Å²) in [7, 11) is -4.74. The fourth-order valence-electron chi connectivity index (χ4n) is 2.07. The standard InChI is InChI=1S/C12H13FN2O4S/c1-8(16)14-9-3-2-4-10(5-9)15-7-11(6-12(15)17)20(13,18)19/h2-5,11H,6-7H2,1H3,(H,14,16). The molecule has 1 aromatic rings. The Labute approximate surface area is 115 Å². The van der Waals surface area contributed by atoms with Crippen LogP contribution in [0.25, 0.3) is 0 Å². The molecule has 1 saturated heterocycles. The molecule has 6 nitrogen and oxygen atoms in total. The van der Waals surface area contributed by atoms with Gasteiger partial charge in [-0.25, -0.2) is 0 Å². The van der Waals surface area contributed by atoms with E-state index in [-0.39, 0.29) is 18.9 Å². The predicted octanol–water partition coefficient (Wildman–Crippen LogP) is 1.05. The van der Waals surface area contributed by atoms with E-state index in [0.717, 1.165) is 0 Å². The highest BCUT2D eigenvalue weighted by Crippen LogP contribution is 2.27. The highest BCUT2D eigenvalue weighted by Gasteiger charge is 2.39. The van der Waals surface area contributed by atoms with Crippen molar-refractivity contribution in [2.24, 2.45) is 0 Å². The Kier molecular flexibility index (Phi) is 3.76. The Morgan fingerprint density at radius 1 is 1.45 bits per heavy atom. The van der Waals surface area contributed by atoms with Crippen molar-refractivity contribution in [1.82, 2.24) is 0 Å². The second-order valence-corrected chi connectivity index (χ2v) is 6.16. The maximum atomic E-state index is 12.9. The van der Waals surface area contributed by atoms with Crippen LogP contribution < -0.4 is 10.2 Å². The number of anilines is 2. The van der Waals surface area contributed by atoms with E-state index in [1.807, 2.05) is 0 Å². The average Bonchev–Trinajstić information content (AvgIpc) is 2.70. The normalized spacial score (nSPS) is 19.2. The first-order chi connectivity index (χ1) is 9.27. The smallest absolute Gasteiger partial charge is 0.307 e. The Morgan fingerprint density at radius 2 is 2.15 bits per heavy atom. The van der Waals surface area contributed by atoms with Gasteiger partial charge in [0, 0.05) is 31.3 Å². The summed E-state index contributed by atoms with van der Waals surface area (Å²) < 4.78 is 34.7. The summed E-state index contributed by atoms with van der Waals surface area (Å²) in [6.45, 7) is 1.13. The molecule has 1 aliphatic rings. The van der Waals surface area contributed by atoms with Crippen molar-refractivity contribution in [3.05, 3.63) is 24.3 Å². The Bertz CT molecular complexity index is 659. The van der Waals surface area contributed by atoms with Gasteiger partial charge >= 0.3 is 10.2 Å². The predicted molar refractivity (Wildman–Crippen MR) is 71.5 cm³/mol. The Balaban J connectivity index is 2.24. The highest BCUT2D eigenvalue weighted by molar-refractivity contribution is 7.87. The number of hydrogen-bond acceptors (Lipinski definition) is 4. The average molecular weight is 300 g/mol. The third-order valence-electron chi connectivity index (χ3n) is 2.97. The molecule has 1 aromatic carbocycles. The monoisotopic (exact) mass is 300 g/mol.